The second kappa shape index (κ2) is 8.57. The topological polar surface area (TPSA) is 70.2 Å². The number of halogens is 1. The number of hydrogen-bond donors (Lipinski definition) is 0. The molecule has 2 saturated heterocycles. The molecule has 2 atom stereocenters. The summed E-state index contributed by atoms with van der Waals surface area (Å²) in [6, 6.07) is 5.39. The molecular weight excluding hydrogens is 402 g/mol. The van der Waals surface area contributed by atoms with Crippen LogP contribution in [0.3, 0.4) is 0 Å². The first kappa shape index (κ1) is 21.4. The van der Waals surface area contributed by atoms with E-state index in [1.54, 1.807) is 32.3 Å². The van der Waals surface area contributed by atoms with Gasteiger partial charge in [0.2, 0.25) is 0 Å². The summed E-state index contributed by atoms with van der Waals surface area (Å²) in [4.78, 5) is 14.7. The van der Waals surface area contributed by atoms with E-state index in [0.717, 1.165) is 18.4 Å². The zero-order valence-corrected chi connectivity index (χ0v) is 18.2. The molecule has 0 bridgehead atoms. The van der Waals surface area contributed by atoms with Crippen molar-refractivity contribution in [2.75, 3.05) is 40.3 Å². The number of likely N-dealkylation sites (tertiary alicyclic amines) is 1. The van der Waals surface area contributed by atoms with Gasteiger partial charge < -0.3 is 9.64 Å². The summed E-state index contributed by atoms with van der Waals surface area (Å²) in [6.45, 7) is 3.47. The van der Waals surface area contributed by atoms with Gasteiger partial charge >= 0.3 is 0 Å². The van der Waals surface area contributed by atoms with Crippen molar-refractivity contribution in [2.45, 2.75) is 32.2 Å². The fourth-order valence-electron chi connectivity index (χ4n) is 4.12. The molecule has 7 nitrogen and oxygen atoms in total. The minimum atomic E-state index is -3.42. The molecular formula is C19H28ClN3O4S. The fraction of sp³-hybridized carbons (Fsp3) is 0.632. The number of nitrogens with zero attached hydrogens (tertiary/aromatic N) is 3. The molecule has 0 aromatic heterocycles. The Balaban J connectivity index is 1.63. The van der Waals surface area contributed by atoms with Gasteiger partial charge in [-0.05, 0) is 55.9 Å². The zero-order chi connectivity index (χ0) is 20.5. The molecule has 2 aliphatic rings. The first-order valence-electron chi connectivity index (χ1n) is 9.56. The second-order valence-corrected chi connectivity index (χ2v) is 10.3. The van der Waals surface area contributed by atoms with E-state index < -0.39 is 10.2 Å². The molecule has 0 aliphatic carbocycles. The van der Waals surface area contributed by atoms with E-state index in [2.05, 4.69) is 0 Å². The second-order valence-electron chi connectivity index (χ2n) is 7.69. The van der Waals surface area contributed by atoms with Gasteiger partial charge in [0.05, 0.1) is 0 Å². The SMILES string of the molecule is Cc1cc(Cl)ccc1OCC(=O)N1CCC[C@H]2CN(S(=O)(=O)N(C)C)CC[C@H]21. The lowest BCUT2D eigenvalue weighted by Crippen LogP contribution is -2.58. The Labute approximate surface area is 172 Å². The first-order chi connectivity index (χ1) is 13.2. The van der Waals surface area contributed by atoms with E-state index in [-0.39, 0.29) is 24.5 Å². The molecule has 0 radical (unpaired) electrons. The minimum absolute atomic E-state index is 0.0224. The maximum atomic E-state index is 12.8. The largest absolute Gasteiger partial charge is 0.483 e. The summed E-state index contributed by atoms with van der Waals surface area (Å²) in [5, 5.41) is 0.634. The normalized spacial score (nSPS) is 23.5. The van der Waals surface area contributed by atoms with E-state index in [4.69, 9.17) is 16.3 Å². The molecule has 9 heteroatoms. The Morgan fingerprint density at radius 3 is 2.71 bits per heavy atom. The Morgan fingerprint density at radius 1 is 1.29 bits per heavy atom. The van der Waals surface area contributed by atoms with Crippen molar-refractivity contribution in [3.63, 3.8) is 0 Å². The summed E-state index contributed by atoms with van der Waals surface area (Å²) in [5.74, 6) is 0.768. The molecule has 1 amide bonds. The number of carbonyl (C=O) groups excluding carboxylic acids is 1. The number of carbonyl (C=O) groups is 1. The van der Waals surface area contributed by atoms with Crippen molar-refractivity contribution in [2.24, 2.45) is 5.92 Å². The molecule has 28 heavy (non-hydrogen) atoms. The predicted octanol–water partition coefficient (Wildman–Crippen LogP) is 2.15. The van der Waals surface area contributed by atoms with Crippen molar-refractivity contribution in [3.8, 4) is 5.75 Å². The number of amides is 1. The highest BCUT2D eigenvalue weighted by Gasteiger charge is 2.41. The van der Waals surface area contributed by atoms with Crippen LogP contribution < -0.4 is 4.74 Å². The van der Waals surface area contributed by atoms with Gasteiger partial charge in [0.25, 0.3) is 16.1 Å². The number of aryl methyl sites for hydroxylation is 1. The van der Waals surface area contributed by atoms with Crippen molar-refractivity contribution in [3.05, 3.63) is 28.8 Å². The van der Waals surface area contributed by atoms with Gasteiger partial charge in [-0.3, -0.25) is 4.79 Å². The van der Waals surface area contributed by atoms with Crippen molar-refractivity contribution < 1.29 is 17.9 Å². The molecule has 0 unspecified atom stereocenters. The maximum absolute atomic E-state index is 12.8. The molecule has 0 N–H and O–H groups in total. The summed E-state index contributed by atoms with van der Waals surface area (Å²) >= 11 is 5.96. The van der Waals surface area contributed by atoms with Crippen molar-refractivity contribution in [1.82, 2.24) is 13.5 Å². The van der Waals surface area contributed by atoms with Gasteiger partial charge in [-0.15, -0.1) is 0 Å². The summed E-state index contributed by atoms with van der Waals surface area (Å²) in [6.07, 6.45) is 2.47. The van der Waals surface area contributed by atoms with Crippen molar-refractivity contribution >= 4 is 27.7 Å². The quantitative estimate of drug-likeness (QED) is 0.719. The number of fused-ring (bicyclic) bond motifs is 1. The van der Waals surface area contributed by atoms with Gasteiger partial charge in [-0.2, -0.15) is 17.0 Å². The van der Waals surface area contributed by atoms with Crippen LogP contribution >= 0.6 is 11.6 Å². The molecule has 0 spiro atoms. The number of benzene rings is 1. The maximum Gasteiger partial charge on any atom is 0.281 e. The van der Waals surface area contributed by atoms with E-state index >= 15 is 0 Å². The number of rotatable bonds is 5. The lowest BCUT2D eigenvalue weighted by molar-refractivity contribution is -0.140. The number of piperidine rings is 2. The van der Waals surface area contributed by atoms with Crippen LogP contribution in [0.5, 0.6) is 5.75 Å². The van der Waals surface area contributed by atoms with Crippen LogP contribution in [-0.4, -0.2) is 74.2 Å². The number of hydrogen-bond acceptors (Lipinski definition) is 4. The van der Waals surface area contributed by atoms with E-state index in [1.807, 2.05) is 11.8 Å². The molecule has 0 saturated carbocycles. The third-order valence-corrected chi connectivity index (χ3v) is 7.77. The Kier molecular flexibility index (Phi) is 6.54. The van der Waals surface area contributed by atoms with Crippen LogP contribution in [0.15, 0.2) is 18.2 Å². The van der Waals surface area contributed by atoms with Crippen LogP contribution in [0.4, 0.5) is 0 Å². The van der Waals surface area contributed by atoms with Crippen LogP contribution in [0.1, 0.15) is 24.8 Å². The molecule has 3 rings (SSSR count). The highest BCUT2D eigenvalue weighted by molar-refractivity contribution is 7.86. The Hall–Kier alpha value is -1.35. The molecule has 1 aromatic carbocycles. The highest BCUT2D eigenvalue weighted by atomic mass is 35.5. The molecule has 156 valence electrons. The summed E-state index contributed by atoms with van der Waals surface area (Å²) in [7, 11) is -0.315. The van der Waals surface area contributed by atoms with Crippen LogP contribution in [0, 0.1) is 12.8 Å². The fourth-order valence-corrected chi connectivity index (χ4v) is 5.52. The average Bonchev–Trinajstić information content (AvgIpc) is 2.66. The van der Waals surface area contributed by atoms with Gasteiger partial charge in [-0.1, -0.05) is 11.6 Å². The molecule has 2 heterocycles. The monoisotopic (exact) mass is 429 g/mol. The third-order valence-electron chi connectivity index (χ3n) is 5.63. The van der Waals surface area contributed by atoms with Gasteiger partial charge in [-0.25, -0.2) is 0 Å². The zero-order valence-electron chi connectivity index (χ0n) is 16.6. The molecule has 1 aromatic rings. The lowest BCUT2D eigenvalue weighted by Gasteiger charge is -2.47. The predicted molar refractivity (Wildman–Crippen MR) is 109 cm³/mol. The molecule has 2 fully saturated rings. The van der Waals surface area contributed by atoms with E-state index in [0.29, 0.717) is 36.8 Å². The summed E-state index contributed by atoms with van der Waals surface area (Å²) in [5.41, 5.74) is 0.888. The Bertz CT molecular complexity index is 830. The summed E-state index contributed by atoms with van der Waals surface area (Å²) < 4.78 is 33.4. The average molecular weight is 430 g/mol. The van der Waals surface area contributed by atoms with Gasteiger partial charge in [0.1, 0.15) is 5.75 Å². The first-order valence-corrected chi connectivity index (χ1v) is 11.3. The third kappa shape index (κ3) is 4.45. The standard InChI is InChI=1S/C19H28ClN3O4S/c1-14-11-16(20)6-7-18(14)27-13-19(24)23-9-4-5-15-12-22(10-8-17(15)23)28(25,26)21(2)3/h6-7,11,15,17H,4-5,8-10,12-13H2,1-3H3/t15-,17+/m0/s1. The van der Waals surface area contributed by atoms with Gasteiger partial charge in [0.15, 0.2) is 6.61 Å². The van der Waals surface area contributed by atoms with Gasteiger partial charge in [0, 0.05) is 44.8 Å². The molecule has 2 aliphatic heterocycles. The minimum Gasteiger partial charge on any atom is -0.483 e. The van der Waals surface area contributed by atoms with Crippen LogP contribution in [0.2, 0.25) is 5.02 Å². The Morgan fingerprint density at radius 2 is 2.04 bits per heavy atom. The number of ether oxygens (including phenoxy) is 1. The van der Waals surface area contributed by atoms with Crippen LogP contribution in [0.25, 0.3) is 0 Å². The lowest BCUT2D eigenvalue weighted by atomic mass is 9.84. The van der Waals surface area contributed by atoms with Crippen LogP contribution in [-0.2, 0) is 15.0 Å². The van der Waals surface area contributed by atoms with E-state index in [9.17, 15) is 13.2 Å². The highest BCUT2D eigenvalue weighted by Crippen LogP contribution is 2.32. The smallest absolute Gasteiger partial charge is 0.281 e. The van der Waals surface area contributed by atoms with Crippen molar-refractivity contribution in [1.29, 1.82) is 0 Å². The van der Waals surface area contributed by atoms with E-state index in [1.165, 1.54) is 8.61 Å².